The van der Waals surface area contributed by atoms with Crippen molar-refractivity contribution >= 4 is 56.4 Å². The van der Waals surface area contributed by atoms with E-state index in [-0.39, 0.29) is 16.6 Å². The van der Waals surface area contributed by atoms with Gasteiger partial charge in [0.25, 0.3) is 10.0 Å². The van der Waals surface area contributed by atoms with Gasteiger partial charge in [0.05, 0.1) is 36.2 Å². The van der Waals surface area contributed by atoms with Crippen LogP contribution < -0.4 is 14.8 Å². The lowest BCUT2D eigenvalue weighted by Gasteiger charge is -2.13. The molecule has 1 aromatic heterocycles. The second kappa shape index (κ2) is 10.5. The van der Waals surface area contributed by atoms with E-state index in [4.69, 9.17) is 9.47 Å². The minimum atomic E-state index is -3.83. The number of para-hydroxylation sites is 1. The highest BCUT2D eigenvalue weighted by Gasteiger charge is 2.18. The summed E-state index contributed by atoms with van der Waals surface area (Å²) in [6.45, 7) is 0. The van der Waals surface area contributed by atoms with E-state index in [1.54, 1.807) is 47.8 Å². The smallest absolute Gasteiger partial charge is 0.350 e. The van der Waals surface area contributed by atoms with Crippen molar-refractivity contribution in [3.8, 4) is 5.75 Å². The van der Waals surface area contributed by atoms with Crippen LogP contribution in [-0.2, 0) is 19.6 Å². The number of thiophene rings is 1. The monoisotopic (exact) mass is 492 g/mol. The summed E-state index contributed by atoms with van der Waals surface area (Å²) in [6.07, 6.45) is 0. The van der Waals surface area contributed by atoms with Crippen LogP contribution in [0.1, 0.15) is 9.67 Å². The number of hydrogen-bond donors (Lipinski definition) is 2. The van der Waals surface area contributed by atoms with Crippen LogP contribution in [0, 0.1) is 0 Å². The average Bonchev–Trinajstić information content (AvgIpc) is 3.25. The zero-order valence-corrected chi connectivity index (χ0v) is 19.6. The summed E-state index contributed by atoms with van der Waals surface area (Å²) >= 11 is 2.33. The van der Waals surface area contributed by atoms with Crippen molar-refractivity contribution in [1.29, 1.82) is 0 Å². The number of carbonyl (C=O) groups is 2. The van der Waals surface area contributed by atoms with Gasteiger partial charge in [-0.25, -0.2) is 13.2 Å². The number of sulfonamides is 1. The van der Waals surface area contributed by atoms with Gasteiger partial charge >= 0.3 is 5.97 Å². The Morgan fingerprint density at radius 1 is 1.00 bits per heavy atom. The Bertz CT molecular complexity index is 1210. The van der Waals surface area contributed by atoms with Crippen molar-refractivity contribution in [3.63, 3.8) is 0 Å². The average molecular weight is 493 g/mol. The minimum Gasteiger partial charge on any atom is -0.497 e. The van der Waals surface area contributed by atoms with Crippen molar-refractivity contribution in [2.45, 2.75) is 9.79 Å². The van der Waals surface area contributed by atoms with E-state index in [0.29, 0.717) is 26.9 Å². The topological polar surface area (TPSA) is 111 Å². The maximum absolute atomic E-state index is 12.7. The number of methoxy groups -OCH3 is 2. The van der Waals surface area contributed by atoms with Gasteiger partial charge in [-0.15, -0.1) is 23.1 Å². The molecular formula is C21H20N2O6S3. The van der Waals surface area contributed by atoms with Gasteiger partial charge in [0.1, 0.15) is 10.6 Å². The van der Waals surface area contributed by atoms with Gasteiger partial charge in [0.15, 0.2) is 0 Å². The van der Waals surface area contributed by atoms with E-state index in [9.17, 15) is 18.0 Å². The van der Waals surface area contributed by atoms with Crippen LogP contribution in [0.25, 0.3) is 0 Å². The Hall–Kier alpha value is -3.02. The lowest BCUT2D eigenvalue weighted by molar-refractivity contribution is -0.113. The summed E-state index contributed by atoms with van der Waals surface area (Å²) in [6, 6.07) is 14.4. The van der Waals surface area contributed by atoms with Crippen molar-refractivity contribution in [2.75, 3.05) is 30.0 Å². The SMILES string of the molecule is COC(=O)c1sccc1NC(=O)CSc1ccccc1NS(=O)(=O)c1ccc(OC)cc1. The highest BCUT2D eigenvalue weighted by Crippen LogP contribution is 2.30. The first-order chi connectivity index (χ1) is 15.3. The molecular weight excluding hydrogens is 472 g/mol. The number of amides is 1. The van der Waals surface area contributed by atoms with E-state index < -0.39 is 16.0 Å². The highest BCUT2D eigenvalue weighted by molar-refractivity contribution is 8.00. The van der Waals surface area contributed by atoms with Gasteiger partial charge in [-0.2, -0.15) is 0 Å². The Labute approximate surface area is 194 Å². The Balaban J connectivity index is 1.68. The molecule has 3 rings (SSSR count). The number of thioether (sulfide) groups is 1. The molecule has 2 N–H and O–H groups in total. The molecule has 32 heavy (non-hydrogen) atoms. The van der Waals surface area contributed by atoms with E-state index in [1.165, 1.54) is 49.5 Å². The number of rotatable bonds is 9. The number of nitrogens with one attached hydrogen (secondary N) is 2. The van der Waals surface area contributed by atoms with Crippen LogP contribution in [0.2, 0.25) is 0 Å². The summed E-state index contributed by atoms with van der Waals surface area (Å²) in [7, 11) is -1.06. The summed E-state index contributed by atoms with van der Waals surface area (Å²) in [5.41, 5.74) is 0.729. The first kappa shape index (κ1) is 23.6. The number of carbonyl (C=O) groups excluding carboxylic acids is 2. The van der Waals surface area contributed by atoms with E-state index in [0.717, 1.165) is 0 Å². The minimum absolute atomic E-state index is 0.0116. The molecule has 0 aliphatic rings. The quantitative estimate of drug-likeness (QED) is 0.342. The molecule has 0 saturated heterocycles. The number of esters is 1. The van der Waals surface area contributed by atoms with E-state index in [2.05, 4.69) is 10.0 Å². The molecule has 8 nitrogen and oxygen atoms in total. The summed E-state index contributed by atoms with van der Waals surface area (Å²) < 4.78 is 37.8. The van der Waals surface area contributed by atoms with Gasteiger partial charge in [0.2, 0.25) is 5.91 Å². The third-order valence-electron chi connectivity index (χ3n) is 4.17. The van der Waals surface area contributed by atoms with Gasteiger partial charge in [-0.3, -0.25) is 9.52 Å². The van der Waals surface area contributed by atoms with Crippen molar-refractivity contribution in [1.82, 2.24) is 0 Å². The van der Waals surface area contributed by atoms with Gasteiger partial charge in [-0.05, 0) is 47.8 Å². The molecule has 1 amide bonds. The molecule has 0 spiro atoms. The molecule has 3 aromatic rings. The summed E-state index contributed by atoms with van der Waals surface area (Å²) in [4.78, 5) is 25.1. The third-order valence-corrected chi connectivity index (χ3v) is 7.52. The van der Waals surface area contributed by atoms with Crippen LogP contribution >= 0.6 is 23.1 Å². The summed E-state index contributed by atoms with van der Waals surface area (Å²) in [5.74, 6) is -0.308. The Morgan fingerprint density at radius 2 is 1.72 bits per heavy atom. The van der Waals surface area contributed by atoms with E-state index in [1.807, 2.05) is 0 Å². The van der Waals surface area contributed by atoms with Crippen LogP contribution in [0.4, 0.5) is 11.4 Å². The zero-order valence-electron chi connectivity index (χ0n) is 17.2. The molecule has 0 aliphatic heterocycles. The van der Waals surface area contributed by atoms with Crippen LogP contribution in [0.5, 0.6) is 5.75 Å². The largest absolute Gasteiger partial charge is 0.497 e. The lowest BCUT2D eigenvalue weighted by Crippen LogP contribution is -2.16. The number of anilines is 2. The second-order valence-corrected chi connectivity index (χ2v) is 9.88. The molecule has 168 valence electrons. The van der Waals surface area contributed by atoms with E-state index >= 15 is 0 Å². The Kier molecular flexibility index (Phi) is 7.78. The molecule has 0 unspecified atom stereocenters. The first-order valence-corrected chi connectivity index (χ1v) is 12.5. The summed E-state index contributed by atoms with van der Waals surface area (Å²) in [5, 5.41) is 4.36. The maximum atomic E-state index is 12.7. The van der Waals surface area contributed by atoms with Crippen molar-refractivity contribution < 1.29 is 27.5 Å². The zero-order chi connectivity index (χ0) is 23.1. The first-order valence-electron chi connectivity index (χ1n) is 9.18. The molecule has 11 heteroatoms. The van der Waals surface area contributed by atoms with Gasteiger partial charge in [0, 0.05) is 4.90 Å². The standard InChI is InChI=1S/C21H20N2O6S3/c1-28-14-7-9-15(10-8-14)32(26,27)23-16-5-3-4-6-18(16)31-13-19(24)22-17-11-12-30-20(17)21(25)29-2/h3-12,23H,13H2,1-2H3,(H,22,24). The van der Waals surface area contributed by atoms with Crippen LogP contribution in [-0.4, -0.2) is 40.3 Å². The number of benzene rings is 2. The highest BCUT2D eigenvalue weighted by atomic mass is 32.2. The molecule has 0 saturated carbocycles. The van der Waals surface area contributed by atoms with Gasteiger partial charge < -0.3 is 14.8 Å². The second-order valence-electron chi connectivity index (χ2n) is 6.27. The number of hydrogen-bond acceptors (Lipinski definition) is 8. The normalized spacial score (nSPS) is 10.9. The maximum Gasteiger partial charge on any atom is 0.350 e. The predicted octanol–water partition coefficient (Wildman–Crippen LogP) is 4.07. The molecule has 0 radical (unpaired) electrons. The predicted molar refractivity (Wildman–Crippen MR) is 125 cm³/mol. The molecule has 2 aromatic carbocycles. The molecule has 0 bridgehead atoms. The molecule has 0 aliphatic carbocycles. The fourth-order valence-corrected chi connectivity index (χ4v) is 5.34. The fraction of sp³-hybridized carbons (Fsp3) is 0.143. The molecule has 1 heterocycles. The molecule has 0 atom stereocenters. The lowest BCUT2D eigenvalue weighted by atomic mass is 10.3. The fourth-order valence-electron chi connectivity index (χ4n) is 2.62. The number of ether oxygens (including phenoxy) is 2. The van der Waals surface area contributed by atoms with Gasteiger partial charge in [-0.1, -0.05) is 12.1 Å². The Morgan fingerprint density at radius 3 is 2.41 bits per heavy atom. The van der Waals surface area contributed by atoms with Crippen molar-refractivity contribution in [2.24, 2.45) is 0 Å². The van der Waals surface area contributed by atoms with Crippen LogP contribution in [0.3, 0.4) is 0 Å². The molecule has 0 fully saturated rings. The van der Waals surface area contributed by atoms with Crippen molar-refractivity contribution in [3.05, 3.63) is 64.9 Å². The third kappa shape index (κ3) is 5.81. The van der Waals surface area contributed by atoms with Crippen LogP contribution in [0.15, 0.2) is 69.8 Å².